The lowest BCUT2D eigenvalue weighted by Crippen LogP contribution is -2.19. The molecule has 1 N–H and O–H groups in total. The van der Waals surface area contributed by atoms with Crippen molar-refractivity contribution in [3.05, 3.63) is 23.8 Å². The molecule has 3 nitrogen and oxygen atoms in total. The first-order chi connectivity index (χ1) is 7.63. The molecule has 0 saturated carbocycles. The Morgan fingerprint density at radius 2 is 1.81 bits per heavy atom. The van der Waals surface area contributed by atoms with Gasteiger partial charge in [0.1, 0.15) is 5.82 Å². The molecule has 1 aromatic rings. The normalized spacial score (nSPS) is 13.1. The van der Waals surface area contributed by atoms with E-state index in [-0.39, 0.29) is 0 Å². The minimum absolute atomic E-state index is 0.456. The predicted octanol–water partition coefficient (Wildman–Crippen LogP) is 2.74. The van der Waals surface area contributed by atoms with Gasteiger partial charge < -0.3 is 5.32 Å². The highest BCUT2D eigenvalue weighted by Crippen LogP contribution is 2.13. The van der Waals surface area contributed by atoms with Crippen LogP contribution in [0.3, 0.4) is 0 Å². The minimum Gasteiger partial charge on any atom is -0.312 e. The standard InChI is InChI=1S/C13H23N3/c1-5-11(4)13-15-8-12(9-16-13)7-14-6-10(2)3/h8-11,14H,5-7H2,1-4H3. The van der Waals surface area contributed by atoms with Gasteiger partial charge >= 0.3 is 0 Å². The quantitative estimate of drug-likeness (QED) is 0.802. The molecule has 0 saturated heterocycles. The first kappa shape index (κ1) is 13.1. The van der Waals surface area contributed by atoms with Gasteiger partial charge in [0, 0.05) is 30.4 Å². The third kappa shape index (κ3) is 4.27. The van der Waals surface area contributed by atoms with E-state index in [1.54, 1.807) is 0 Å². The minimum atomic E-state index is 0.456. The maximum absolute atomic E-state index is 4.40. The van der Waals surface area contributed by atoms with E-state index in [0.29, 0.717) is 11.8 Å². The fraction of sp³-hybridized carbons (Fsp3) is 0.692. The van der Waals surface area contributed by atoms with Gasteiger partial charge in [-0.05, 0) is 18.9 Å². The van der Waals surface area contributed by atoms with Gasteiger partial charge in [-0.1, -0.05) is 27.7 Å². The molecule has 0 aliphatic carbocycles. The molecule has 0 spiro atoms. The number of aromatic nitrogens is 2. The summed E-state index contributed by atoms with van der Waals surface area (Å²) in [6.45, 7) is 10.6. The van der Waals surface area contributed by atoms with Crippen LogP contribution in [0, 0.1) is 5.92 Å². The summed E-state index contributed by atoms with van der Waals surface area (Å²) < 4.78 is 0. The van der Waals surface area contributed by atoms with Gasteiger partial charge in [-0.25, -0.2) is 9.97 Å². The van der Waals surface area contributed by atoms with Gasteiger partial charge in [0.05, 0.1) is 0 Å². The number of rotatable bonds is 6. The highest BCUT2D eigenvalue weighted by molar-refractivity contribution is 5.06. The molecular formula is C13H23N3. The second-order valence-corrected chi connectivity index (χ2v) is 4.78. The smallest absolute Gasteiger partial charge is 0.131 e. The van der Waals surface area contributed by atoms with E-state index in [0.717, 1.165) is 30.9 Å². The predicted molar refractivity (Wildman–Crippen MR) is 67.3 cm³/mol. The van der Waals surface area contributed by atoms with Crippen LogP contribution in [0.25, 0.3) is 0 Å². The number of nitrogens with one attached hydrogen (secondary N) is 1. The summed E-state index contributed by atoms with van der Waals surface area (Å²) in [5.41, 5.74) is 1.16. The summed E-state index contributed by atoms with van der Waals surface area (Å²) in [5.74, 6) is 2.09. The Kier molecular flexibility index (Phi) is 5.39. The van der Waals surface area contributed by atoms with Crippen molar-refractivity contribution in [2.24, 2.45) is 5.92 Å². The van der Waals surface area contributed by atoms with Crippen molar-refractivity contribution in [3.8, 4) is 0 Å². The average molecular weight is 221 g/mol. The molecule has 0 aromatic carbocycles. The summed E-state index contributed by atoms with van der Waals surface area (Å²) in [4.78, 5) is 8.79. The van der Waals surface area contributed by atoms with E-state index in [1.165, 1.54) is 0 Å². The highest BCUT2D eigenvalue weighted by Gasteiger charge is 2.05. The zero-order chi connectivity index (χ0) is 12.0. The molecule has 0 fully saturated rings. The topological polar surface area (TPSA) is 37.8 Å². The monoisotopic (exact) mass is 221 g/mol. The highest BCUT2D eigenvalue weighted by atomic mass is 14.9. The van der Waals surface area contributed by atoms with Crippen LogP contribution in [0.5, 0.6) is 0 Å². The molecule has 0 bridgehead atoms. The fourth-order valence-corrected chi connectivity index (χ4v) is 1.40. The third-order valence-electron chi connectivity index (χ3n) is 2.66. The molecular weight excluding hydrogens is 198 g/mol. The van der Waals surface area contributed by atoms with Crippen LogP contribution in [0.2, 0.25) is 0 Å². The van der Waals surface area contributed by atoms with Crippen molar-refractivity contribution in [1.29, 1.82) is 0 Å². The Bertz CT molecular complexity index is 293. The lowest BCUT2D eigenvalue weighted by Gasteiger charge is -2.09. The van der Waals surface area contributed by atoms with Gasteiger partial charge in [0.25, 0.3) is 0 Å². The Balaban J connectivity index is 2.45. The van der Waals surface area contributed by atoms with Crippen LogP contribution >= 0.6 is 0 Å². The maximum Gasteiger partial charge on any atom is 0.131 e. The Morgan fingerprint density at radius 1 is 1.19 bits per heavy atom. The molecule has 0 aliphatic heterocycles. The van der Waals surface area contributed by atoms with Gasteiger partial charge in [0.15, 0.2) is 0 Å². The van der Waals surface area contributed by atoms with E-state index in [4.69, 9.17) is 0 Å². The largest absolute Gasteiger partial charge is 0.312 e. The molecule has 0 amide bonds. The zero-order valence-electron chi connectivity index (χ0n) is 10.8. The molecule has 1 rings (SSSR count). The van der Waals surface area contributed by atoms with Crippen LogP contribution in [0.15, 0.2) is 12.4 Å². The second kappa shape index (κ2) is 6.59. The van der Waals surface area contributed by atoms with E-state index in [1.807, 2.05) is 12.4 Å². The summed E-state index contributed by atoms with van der Waals surface area (Å²) in [6.07, 6.45) is 4.95. The van der Waals surface area contributed by atoms with Crippen LogP contribution < -0.4 is 5.32 Å². The molecule has 1 heterocycles. The van der Waals surface area contributed by atoms with Gasteiger partial charge in [-0.15, -0.1) is 0 Å². The Labute approximate surface area is 98.7 Å². The molecule has 16 heavy (non-hydrogen) atoms. The first-order valence-electron chi connectivity index (χ1n) is 6.15. The Hall–Kier alpha value is -0.960. The van der Waals surface area contributed by atoms with E-state index in [2.05, 4.69) is 43.0 Å². The lowest BCUT2D eigenvalue weighted by molar-refractivity contribution is 0.550. The second-order valence-electron chi connectivity index (χ2n) is 4.78. The zero-order valence-corrected chi connectivity index (χ0v) is 10.8. The first-order valence-corrected chi connectivity index (χ1v) is 6.15. The van der Waals surface area contributed by atoms with Gasteiger partial charge in [-0.3, -0.25) is 0 Å². The molecule has 90 valence electrons. The summed E-state index contributed by atoms with van der Waals surface area (Å²) >= 11 is 0. The Morgan fingerprint density at radius 3 is 2.31 bits per heavy atom. The molecule has 1 atom stereocenters. The van der Waals surface area contributed by atoms with E-state index >= 15 is 0 Å². The molecule has 0 radical (unpaired) electrons. The summed E-state index contributed by atoms with van der Waals surface area (Å²) in [7, 11) is 0. The van der Waals surface area contributed by atoms with Crippen molar-refractivity contribution in [2.45, 2.75) is 46.6 Å². The van der Waals surface area contributed by atoms with Gasteiger partial charge in [-0.2, -0.15) is 0 Å². The van der Waals surface area contributed by atoms with Crippen molar-refractivity contribution < 1.29 is 0 Å². The van der Waals surface area contributed by atoms with E-state index < -0.39 is 0 Å². The van der Waals surface area contributed by atoms with Crippen molar-refractivity contribution in [3.63, 3.8) is 0 Å². The van der Waals surface area contributed by atoms with Crippen molar-refractivity contribution in [1.82, 2.24) is 15.3 Å². The SMILES string of the molecule is CCC(C)c1ncc(CNCC(C)C)cn1. The molecule has 1 unspecified atom stereocenters. The van der Waals surface area contributed by atoms with Crippen LogP contribution in [0.1, 0.15) is 51.4 Å². The number of hydrogen-bond acceptors (Lipinski definition) is 3. The maximum atomic E-state index is 4.40. The van der Waals surface area contributed by atoms with Crippen LogP contribution in [-0.2, 0) is 6.54 Å². The summed E-state index contributed by atoms with van der Waals surface area (Å²) in [5, 5.41) is 3.38. The fourth-order valence-electron chi connectivity index (χ4n) is 1.40. The molecule has 3 heteroatoms. The molecule has 1 aromatic heterocycles. The summed E-state index contributed by atoms with van der Waals surface area (Å²) in [6, 6.07) is 0. The van der Waals surface area contributed by atoms with Crippen LogP contribution in [0.4, 0.5) is 0 Å². The van der Waals surface area contributed by atoms with Gasteiger partial charge in [0.2, 0.25) is 0 Å². The number of nitrogens with zero attached hydrogens (tertiary/aromatic N) is 2. The third-order valence-corrected chi connectivity index (χ3v) is 2.66. The average Bonchev–Trinajstić information content (AvgIpc) is 2.28. The number of hydrogen-bond donors (Lipinski definition) is 1. The van der Waals surface area contributed by atoms with Crippen molar-refractivity contribution >= 4 is 0 Å². The molecule has 0 aliphatic rings. The van der Waals surface area contributed by atoms with E-state index in [9.17, 15) is 0 Å². The lowest BCUT2D eigenvalue weighted by atomic mass is 10.1. The van der Waals surface area contributed by atoms with Crippen LogP contribution in [-0.4, -0.2) is 16.5 Å². The van der Waals surface area contributed by atoms with Crippen molar-refractivity contribution in [2.75, 3.05) is 6.54 Å².